The van der Waals surface area contributed by atoms with Gasteiger partial charge < -0.3 is 5.32 Å². The Bertz CT molecular complexity index is 280. The van der Waals surface area contributed by atoms with Crippen molar-refractivity contribution in [3.63, 3.8) is 0 Å². The van der Waals surface area contributed by atoms with Gasteiger partial charge in [-0.3, -0.25) is 4.79 Å². The van der Waals surface area contributed by atoms with E-state index in [1.165, 1.54) is 25.7 Å². The first-order chi connectivity index (χ1) is 9.22. The van der Waals surface area contributed by atoms with Crippen LogP contribution in [0.3, 0.4) is 0 Å². The number of hydrogen-bond donors (Lipinski definition) is 1. The van der Waals surface area contributed by atoms with Crippen molar-refractivity contribution in [1.29, 1.82) is 0 Å². The Kier molecular flexibility index (Phi) is 5.44. The summed E-state index contributed by atoms with van der Waals surface area (Å²) in [6.45, 7) is 6.54. The van der Waals surface area contributed by atoms with Crippen molar-refractivity contribution < 1.29 is 4.79 Å². The van der Waals surface area contributed by atoms with Crippen molar-refractivity contribution >= 4 is 5.78 Å². The van der Waals surface area contributed by atoms with Gasteiger partial charge in [0.15, 0.2) is 0 Å². The number of piperidine rings is 1. The average Bonchev–Trinajstić information content (AvgIpc) is 2.48. The summed E-state index contributed by atoms with van der Waals surface area (Å²) in [7, 11) is 0. The van der Waals surface area contributed by atoms with Crippen LogP contribution in [-0.2, 0) is 4.79 Å². The highest BCUT2D eigenvalue weighted by molar-refractivity contribution is 5.87. The van der Waals surface area contributed by atoms with E-state index in [0.717, 1.165) is 51.1 Å². The average molecular weight is 265 g/mol. The number of ketones is 1. The normalized spacial score (nSPS) is 36.1. The minimum atomic E-state index is -0.0171. The van der Waals surface area contributed by atoms with E-state index in [1.807, 2.05) is 0 Å². The highest BCUT2D eigenvalue weighted by Gasteiger charge is 2.42. The zero-order valence-electron chi connectivity index (χ0n) is 12.8. The molecule has 110 valence electrons. The molecule has 1 aliphatic carbocycles. The summed E-state index contributed by atoms with van der Waals surface area (Å²) < 4.78 is 0. The molecule has 1 heterocycles. The summed E-state index contributed by atoms with van der Waals surface area (Å²) in [5.41, 5.74) is -0.0171. The van der Waals surface area contributed by atoms with Crippen molar-refractivity contribution in [2.45, 2.75) is 71.6 Å². The third kappa shape index (κ3) is 3.39. The van der Waals surface area contributed by atoms with E-state index in [2.05, 4.69) is 19.2 Å². The molecule has 0 spiro atoms. The van der Waals surface area contributed by atoms with Crippen molar-refractivity contribution in [2.75, 3.05) is 13.1 Å². The molecule has 1 N–H and O–H groups in total. The standard InChI is InChI=1S/C17H31NO/c1-3-10-17(11-5-12-18-13-17)16(19)15-8-6-14(4-2)7-9-15/h14-15,18H,3-13H2,1-2H3. The van der Waals surface area contributed by atoms with E-state index < -0.39 is 0 Å². The molecule has 1 saturated carbocycles. The lowest BCUT2D eigenvalue weighted by Gasteiger charge is -2.40. The maximum absolute atomic E-state index is 13.0. The van der Waals surface area contributed by atoms with Gasteiger partial charge in [0, 0.05) is 17.9 Å². The summed E-state index contributed by atoms with van der Waals surface area (Å²) >= 11 is 0. The molecule has 2 nitrogen and oxygen atoms in total. The largest absolute Gasteiger partial charge is 0.316 e. The molecule has 2 heteroatoms. The molecule has 1 saturated heterocycles. The van der Waals surface area contributed by atoms with E-state index in [-0.39, 0.29) is 5.41 Å². The topological polar surface area (TPSA) is 29.1 Å². The fraction of sp³-hybridized carbons (Fsp3) is 0.941. The number of carbonyl (C=O) groups is 1. The van der Waals surface area contributed by atoms with Crippen LogP contribution in [-0.4, -0.2) is 18.9 Å². The molecule has 0 aromatic heterocycles. The predicted molar refractivity (Wildman–Crippen MR) is 80.2 cm³/mol. The predicted octanol–water partition coefficient (Wildman–Crippen LogP) is 3.94. The lowest BCUT2D eigenvalue weighted by molar-refractivity contribution is -0.135. The second-order valence-corrected chi connectivity index (χ2v) is 6.80. The van der Waals surface area contributed by atoms with Crippen LogP contribution in [0.15, 0.2) is 0 Å². The van der Waals surface area contributed by atoms with Crippen LogP contribution in [0.1, 0.15) is 71.6 Å². The Morgan fingerprint density at radius 3 is 2.47 bits per heavy atom. The molecule has 0 amide bonds. The third-order valence-electron chi connectivity index (χ3n) is 5.52. The lowest BCUT2D eigenvalue weighted by Crippen LogP contribution is -2.48. The van der Waals surface area contributed by atoms with Gasteiger partial charge in [0.2, 0.25) is 0 Å². The van der Waals surface area contributed by atoms with Gasteiger partial charge in [-0.15, -0.1) is 0 Å². The second kappa shape index (κ2) is 6.88. The fourth-order valence-electron chi connectivity index (χ4n) is 4.26. The van der Waals surface area contributed by atoms with Gasteiger partial charge in [-0.25, -0.2) is 0 Å². The Morgan fingerprint density at radius 1 is 1.21 bits per heavy atom. The van der Waals surface area contributed by atoms with Crippen LogP contribution in [0.5, 0.6) is 0 Å². The van der Waals surface area contributed by atoms with Crippen LogP contribution in [0.4, 0.5) is 0 Å². The number of carbonyl (C=O) groups excluding carboxylic acids is 1. The molecular formula is C17H31NO. The number of nitrogens with one attached hydrogen (secondary N) is 1. The van der Waals surface area contributed by atoms with Gasteiger partial charge >= 0.3 is 0 Å². The molecule has 0 radical (unpaired) electrons. The van der Waals surface area contributed by atoms with Crippen LogP contribution in [0.2, 0.25) is 0 Å². The van der Waals surface area contributed by atoms with E-state index in [9.17, 15) is 4.79 Å². The van der Waals surface area contributed by atoms with Gasteiger partial charge in [0.25, 0.3) is 0 Å². The first kappa shape index (κ1) is 15.0. The van der Waals surface area contributed by atoms with E-state index in [0.29, 0.717) is 11.7 Å². The maximum Gasteiger partial charge on any atom is 0.143 e. The van der Waals surface area contributed by atoms with Crippen LogP contribution >= 0.6 is 0 Å². The lowest BCUT2D eigenvalue weighted by atomic mass is 9.66. The van der Waals surface area contributed by atoms with Crippen molar-refractivity contribution in [3.05, 3.63) is 0 Å². The van der Waals surface area contributed by atoms with Gasteiger partial charge in [-0.1, -0.05) is 26.7 Å². The molecule has 0 bridgehead atoms. The Morgan fingerprint density at radius 2 is 1.95 bits per heavy atom. The zero-order chi connectivity index (χ0) is 13.7. The monoisotopic (exact) mass is 265 g/mol. The fourth-order valence-corrected chi connectivity index (χ4v) is 4.26. The molecule has 1 atom stereocenters. The third-order valence-corrected chi connectivity index (χ3v) is 5.52. The second-order valence-electron chi connectivity index (χ2n) is 6.80. The van der Waals surface area contributed by atoms with Gasteiger partial charge in [-0.05, 0) is 57.4 Å². The molecular weight excluding hydrogens is 234 g/mol. The zero-order valence-corrected chi connectivity index (χ0v) is 12.8. The molecule has 1 aliphatic heterocycles. The van der Waals surface area contributed by atoms with Crippen molar-refractivity contribution in [3.8, 4) is 0 Å². The quantitative estimate of drug-likeness (QED) is 0.815. The van der Waals surface area contributed by atoms with Crippen molar-refractivity contribution in [2.24, 2.45) is 17.3 Å². The molecule has 2 fully saturated rings. The molecule has 2 aliphatic rings. The number of Topliss-reactive ketones (excluding diaryl/α,β-unsaturated/α-hetero) is 1. The SMILES string of the molecule is CCCC1(C(=O)C2CCC(CC)CC2)CCCNC1. The van der Waals surface area contributed by atoms with Crippen LogP contribution < -0.4 is 5.32 Å². The summed E-state index contributed by atoms with van der Waals surface area (Å²) in [4.78, 5) is 13.0. The van der Waals surface area contributed by atoms with Crippen molar-refractivity contribution in [1.82, 2.24) is 5.32 Å². The van der Waals surface area contributed by atoms with Crippen LogP contribution in [0, 0.1) is 17.3 Å². The summed E-state index contributed by atoms with van der Waals surface area (Å²) in [5.74, 6) is 1.86. The summed E-state index contributed by atoms with van der Waals surface area (Å²) in [5, 5.41) is 3.48. The van der Waals surface area contributed by atoms with E-state index >= 15 is 0 Å². The van der Waals surface area contributed by atoms with Crippen LogP contribution in [0.25, 0.3) is 0 Å². The van der Waals surface area contributed by atoms with Gasteiger partial charge in [0.05, 0.1) is 0 Å². The van der Waals surface area contributed by atoms with Gasteiger partial charge in [-0.2, -0.15) is 0 Å². The Labute approximate surface area is 118 Å². The first-order valence-electron chi connectivity index (χ1n) is 8.47. The molecule has 0 aromatic carbocycles. The Hall–Kier alpha value is -0.370. The van der Waals surface area contributed by atoms with E-state index in [1.54, 1.807) is 0 Å². The van der Waals surface area contributed by atoms with Gasteiger partial charge in [0.1, 0.15) is 5.78 Å². The Balaban J connectivity index is 1.99. The number of hydrogen-bond acceptors (Lipinski definition) is 2. The smallest absolute Gasteiger partial charge is 0.143 e. The molecule has 2 rings (SSSR count). The summed E-state index contributed by atoms with van der Waals surface area (Å²) in [6, 6.07) is 0. The first-order valence-corrected chi connectivity index (χ1v) is 8.47. The number of rotatable bonds is 5. The highest BCUT2D eigenvalue weighted by atomic mass is 16.1. The molecule has 1 unspecified atom stereocenters. The minimum absolute atomic E-state index is 0.0171. The summed E-state index contributed by atoms with van der Waals surface area (Å²) in [6.07, 6.45) is 10.7. The maximum atomic E-state index is 13.0. The minimum Gasteiger partial charge on any atom is -0.316 e. The van der Waals surface area contributed by atoms with E-state index in [4.69, 9.17) is 0 Å². The molecule has 19 heavy (non-hydrogen) atoms. The molecule has 0 aromatic rings. The highest BCUT2D eigenvalue weighted by Crippen LogP contribution is 2.40.